The molecule has 3 aromatic rings. The zero-order chi connectivity index (χ0) is 24.6. The second-order valence-corrected chi connectivity index (χ2v) is 10.0. The number of nitriles is 1. The average Bonchev–Trinajstić information content (AvgIpc) is 3.64. The summed E-state index contributed by atoms with van der Waals surface area (Å²) in [6, 6.07) is 14.0. The van der Waals surface area contributed by atoms with E-state index in [1.165, 1.54) is 12.8 Å². The van der Waals surface area contributed by atoms with Crippen molar-refractivity contribution < 1.29 is 9.53 Å². The van der Waals surface area contributed by atoms with Crippen LogP contribution in [0.5, 0.6) is 11.5 Å². The van der Waals surface area contributed by atoms with Gasteiger partial charge in [0, 0.05) is 38.9 Å². The number of ether oxygens (including phenoxy) is 1. The number of carbonyl (C=O) groups excluding carboxylic acids is 1. The molecule has 1 aliphatic carbocycles. The van der Waals surface area contributed by atoms with Gasteiger partial charge in [0.25, 0.3) is 0 Å². The van der Waals surface area contributed by atoms with Gasteiger partial charge in [0.1, 0.15) is 23.4 Å². The summed E-state index contributed by atoms with van der Waals surface area (Å²) in [6.07, 6.45) is 8.85. The Morgan fingerprint density at radius 2 is 1.97 bits per heavy atom. The van der Waals surface area contributed by atoms with E-state index in [4.69, 9.17) is 4.74 Å². The third-order valence-corrected chi connectivity index (χ3v) is 7.30. The van der Waals surface area contributed by atoms with Crippen molar-refractivity contribution in [1.82, 2.24) is 19.4 Å². The van der Waals surface area contributed by atoms with Gasteiger partial charge < -0.3 is 14.2 Å². The first-order valence-corrected chi connectivity index (χ1v) is 12.6. The second kappa shape index (κ2) is 9.29. The zero-order valence-corrected chi connectivity index (χ0v) is 20.5. The topological polar surface area (TPSA) is 74.4 Å². The third-order valence-electron chi connectivity index (χ3n) is 7.30. The number of amides is 1. The van der Waals surface area contributed by atoms with Gasteiger partial charge in [-0.1, -0.05) is 24.3 Å². The van der Waals surface area contributed by atoms with Gasteiger partial charge in [-0.3, -0.25) is 9.69 Å². The van der Waals surface area contributed by atoms with Gasteiger partial charge in [0.05, 0.1) is 17.8 Å². The van der Waals surface area contributed by atoms with E-state index in [1.807, 2.05) is 48.4 Å². The SMILES string of the molecule is Cc1ncc2n1Cc1ccc(C#N)c(c1)Oc1ccc(/C=C\C3CC3)c(c1)CN1CCN(CC1=O)C2. The van der Waals surface area contributed by atoms with Crippen LogP contribution < -0.4 is 4.74 Å². The van der Waals surface area contributed by atoms with Crippen molar-refractivity contribution in [3.8, 4) is 17.6 Å². The number of hydrogen-bond acceptors (Lipinski definition) is 5. The second-order valence-electron chi connectivity index (χ2n) is 10.0. The van der Waals surface area contributed by atoms with Crippen molar-refractivity contribution in [3.05, 3.63) is 82.4 Å². The van der Waals surface area contributed by atoms with Crippen molar-refractivity contribution in [2.24, 2.45) is 5.92 Å². The molecular formula is C29H29N5O2. The van der Waals surface area contributed by atoms with Crippen molar-refractivity contribution in [1.29, 1.82) is 5.26 Å². The first-order valence-electron chi connectivity index (χ1n) is 12.6. The number of aromatic nitrogens is 2. The Hall–Kier alpha value is -3.89. The van der Waals surface area contributed by atoms with Crippen LogP contribution in [-0.4, -0.2) is 44.9 Å². The molecule has 7 rings (SSSR count). The number of fused-ring (bicyclic) bond motifs is 2. The number of aryl methyl sites for hydroxylation is 1. The summed E-state index contributed by atoms with van der Waals surface area (Å²) in [5.41, 5.74) is 4.76. The summed E-state index contributed by atoms with van der Waals surface area (Å²) >= 11 is 0. The molecule has 1 saturated heterocycles. The monoisotopic (exact) mass is 479 g/mol. The number of benzene rings is 2. The molecule has 1 saturated carbocycles. The molecule has 7 heteroatoms. The Labute approximate surface area is 211 Å². The minimum absolute atomic E-state index is 0.136. The lowest BCUT2D eigenvalue weighted by Crippen LogP contribution is -2.49. The Bertz CT molecular complexity index is 1400. The highest BCUT2D eigenvalue weighted by Gasteiger charge is 2.26. The number of piperazine rings is 1. The molecule has 3 aliphatic heterocycles. The number of allylic oxidation sites excluding steroid dienone is 1. The fraction of sp³-hybridized carbons (Fsp3) is 0.345. The maximum atomic E-state index is 13.2. The molecular weight excluding hydrogens is 450 g/mol. The van der Waals surface area contributed by atoms with E-state index in [0.29, 0.717) is 55.7 Å². The Kier molecular flexibility index (Phi) is 5.82. The fourth-order valence-corrected chi connectivity index (χ4v) is 4.98. The summed E-state index contributed by atoms with van der Waals surface area (Å²) in [5, 5.41) is 9.72. The molecule has 4 aliphatic rings. The minimum Gasteiger partial charge on any atom is -0.456 e. The molecule has 1 aromatic heterocycles. The van der Waals surface area contributed by atoms with Crippen molar-refractivity contribution in [2.75, 3.05) is 19.6 Å². The Balaban J connectivity index is 1.43. The van der Waals surface area contributed by atoms with Crippen LogP contribution in [0, 0.1) is 24.2 Å². The Morgan fingerprint density at radius 1 is 1.08 bits per heavy atom. The number of nitrogens with zero attached hydrogens (tertiary/aromatic N) is 5. The van der Waals surface area contributed by atoms with Crippen molar-refractivity contribution in [2.45, 2.75) is 39.4 Å². The third kappa shape index (κ3) is 4.65. The van der Waals surface area contributed by atoms with Crippen LogP contribution >= 0.6 is 0 Å². The fourth-order valence-electron chi connectivity index (χ4n) is 4.98. The van der Waals surface area contributed by atoms with E-state index < -0.39 is 0 Å². The van der Waals surface area contributed by atoms with Gasteiger partial charge >= 0.3 is 0 Å². The van der Waals surface area contributed by atoms with Crippen molar-refractivity contribution >= 4 is 12.0 Å². The molecule has 0 N–H and O–H groups in total. The van der Waals surface area contributed by atoms with Crippen LogP contribution in [0.15, 0.2) is 48.7 Å². The highest BCUT2D eigenvalue weighted by molar-refractivity contribution is 5.79. The lowest BCUT2D eigenvalue weighted by molar-refractivity contribution is -0.136. The van der Waals surface area contributed by atoms with E-state index >= 15 is 0 Å². The highest BCUT2D eigenvalue weighted by atomic mass is 16.5. The molecule has 0 radical (unpaired) electrons. The summed E-state index contributed by atoms with van der Waals surface area (Å²) in [6.45, 7) is 5.72. The van der Waals surface area contributed by atoms with E-state index in [0.717, 1.165) is 34.8 Å². The summed E-state index contributed by atoms with van der Waals surface area (Å²) in [5.74, 6) is 2.93. The molecule has 6 bridgehead atoms. The number of imidazole rings is 1. The van der Waals surface area contributed by atoms with Crippen LogP contribution in [-0.2, 0) is 24.4 Å². The maximum absolute atomic E-state index is 13.2. The van der Waals surface area contributed by atoms with Gasteiger partial charge in [-0.25, -0.2) is 4.98 Å². The molecule has 2 aromatic carbocycles. The van der Waals surface area contributed by atoms with E-state index in [-0.39, 0.29) is 5.91 Å². The van der Waals surface area contributed by atoms with Gasteiger partial charge in [-0.05, 0) is 66.6 Å². The lowest BCUT2D eigenvalue weighted by Gasteiger charge is -2.35. The first-order chi connectivity index (χ1) is 17.6. The Morgan fingerprint density at radius 3 is 2.78 bits per heavy atom. The van der Waals surface area contributed by atoms with Crippen LogP contribution in [0.4, 0.5) is 0 Å². The maximum Gasteiger partial charge on any atom is 0.237 e. The van der Waals surface area contributed by atoms with E-state index in [1.54, 1.807) is 0 Å². The molecule has 1 atom stereocenters. The van der Waals surface area contributed by atoms with Gasteiger partial charge in [-0.15, -0.1) is 0 Å². The predicted molar refractivity (Wildman–Crippen MR) is 136 cm³/mol. The normalized spacial score (nSPS) is 19.7. The molecule has 1 unspecified atom stereocenters. The van der Waals surface area contributed by atoms with Crippen LogP contribution in [0.25, 0.3) is 6.08 Å². The lowest BCUT2D eigenvalue weighted by atomic mass is 10.0. The largest absolute Gasteiger partial charge is 0.456 e. The highest BCUT2D eigenvalue weighted by Crippen LogP contribution is 2.33. The average molecular weight is 480 g/mol. The number of carbonyl (C=O) groups is 1. The molecule has 4 heterocycles. The summed E-state index contributed by atoms with van der Waals surface area (Å²) in [4.78, 5) is 21.9. The number of hydrogen-bond donors (Lipinski definition) is 0. The van der Waals surface area contributed by atoms with Gasteiger partial charge in [-0.2, -0.15) is 5.26 Å². The summed E-state index contributed by atoms with van der Waals surface area (Å²) < 4.78 is 8.47. The predicted octanol–water partition coefficient (Wildman–Crippen LogP) is 4.48. The van der Waals surface area contributed by atoms with Crippen LogP contribution in [0.2, 0.25) is 0 Å². The zero-order valence-electron chi connectivity index (χ0n) is 20.5. The molecule has 1 amide bonds. The molecule has 0 spiro atoms. The molecule has 36 heavy (non-hydrogen) atoms. The molecule has 7 nitrogen and oxygen atoms in total. The standard InChI is InChI=1S/C29H29N5O2/c1-20-31-15-26-18-32-10-11-33(29(35)19-32)17-25-13-27(9-8-23(25)6-4-21-2-3-21)36-28-12-22(16-34(20)26)5-7-24(28)14-30/h4-9,12-13,15,21H,2-3,10-11,16-19H2,1H3/b6-4-. The van der Waals surface area contributed by atoms with E-state index in [2.05, 4.69) is 38.7 Å². The molecule has 182 valence electrons. The van der Waals surface area contributed by atoms with Crippen LogP contribution in [0.3, 0.4) is 0 Å². The van der Waals surface area contributed by atoms with Gasteiger partial charge in [0.15, 0.2) is 0 Å². The summed E-state index contributed by atoms with van der Waals surface area (Å²) in [7, 11) is 0. The first kappa shape index (κ1) is 22.6. The number of rotatable bonds is 2. The van der Waals surface area contributed by atoms with Gasteiger partial charge in [0.2, 0.25) is 5.91 Å². The minimum atomic E-state index is 0.136. The quantitative estimate of drug-likeness (QED) is 0.542. The van der Waals surface area contributed by atoms with Crippen molar-refractivity contribution in [3.63, 3.8) is 0 Å². The van der Waals surface area contributed by atoms with E-state index in [9.17, 15) is 10.1 Å². The van der Waals surface area contributed by atoms with Crippen LogP contribution in [0.1, 0.15) is 46.6 Å². The molecule has 2 fully saturated rings. The smallest absolute Gasteiger partial charge is 0.237 e.